The zero-order valence-electron chi connectivity index (χ0n) is 10.2. The molecule has 0 atom stereocenters. The molecule has 1 aromatic carbocycles. The third kappa shape index (κ3) is 1.84. The van der Waals surface area contributed by atoms with Gasteiger partial charge in [0.15, 0.2) is 0 Å². The lowest BCUT2D eigenvalue weighted by Crippen LogP contribution is -2.32. The highest BCUT2D eigenvalue weighted by Gasteiger charge is 2.15. The highest BCUT2D eigenvalue weighted by atomic mass is 16.3. The fourth-order valence-electron chi connectivity index (χ4n) is 2.27. The van der Waals surface area contributed by atoms with E-state index in [-0.39, 0.29) is 0 Å². The van der Waals surface area contributed by atoms with Gasteiger partial charge in [0.1, 0.15) is 18.9 Å². The number of fused-ring (bicyclic) bond motifs is 1. The molecule has 3 nitrogen and oxygen atoms in total. The molecule has 2 heterocycles. The largest absolute Gasteiger partial charge is 0.501 e. The van der Waals surface area contributed by atoms with Gasteiger partial charge >= 0.3 is 5.65 Å². The van der Waals surface area contributed by atoms with Crippen molar-refractivity contribution in [2.45, 2.75) is 13.5 Å². The van der Waals surface area contributed by atoms with Crippen molar-refractivity contribution in [1.82, 2.24) is 4.40 Å². The summed E-state index contributed by atoms with van der Waals surface area (Å²) in [6.07, 6.45) is 5.96. The summed E-state index contributed by atoms with van der Waals surface area (Å²) in [5, 5.41) is 10.1. The van der Waals surface area contributed by atoms with E-state index >= 15 is 0 Å². The summed E-state index contributed by atoms with van der Waals surface area (Å²) in [5.41, 5.74) is 3.09. The summed E-state index contributed by atoms with van der Waals surface area (Å²) in [6, 6.07) is 12.0. The van der Waals surface area contributed by atoms with E-state index in [0.717, 1.165) is 17.8 Å². The molecule has 0 radical (unpaired) electrons. The summed E-state index contributed by atoms with van der Waals surface area (Å²) in [5.74, 6) is 0.316. The third-order valence-electron chi connectivity index (χ3n) is 3.06. The predicted molar refractivity (Wildman–Crippen MR) is 69.5 cm³/mol. The van der Waals surface area contributed by atoms with Crippen LogP contribution >= 0.6 is 0 Å². The van der Waals surface area contributed by atoms with E-state index in [1.807, 2.05) is 52.7 Å². The lowest BCUT2D eigenvalue weighted by atomic mass is 10.2. The van der Waals surface area contributed by atoms with Crippen LogP contribution in [-0.2, 0) is 6.54 Å². The molecular formula is C15H15N2O+. The van der Waals surface area contributed by atoms with Crippen molar-refractivity contribution < 1.29 is 9.67 Å². The molecule has 0 amide bonds. The Balaban J connectivity index is 2.08. The average molecular weight is 239 g/mol. The minimum absolute atomic E-state index is 0.316. The van der Waals surface area contributed by atoms with E-state index in [0.29, 0.717) is 5.75 Å². The number of pyridine rings is 1. The van der Waals surface area contributed by atoms with Crippen LogP contribution in [0, 0.1) is 6.92 Å². The molecule has 1 N–H and O–H groups in total. The van der Waals surface area contributed by atoms with Crippen LogP contribution in [0.5, 0.6) is 5.75 Å². The monoisotopic (exact) mass is 239 g/mol. The molecule has 0 aliphatic heterocycles. The van der Waals surface area contributed by atoms with Gasteiger partial charge in [0.05, 0.1) is 6.20 Å². The topological polar surface area (TPSA) is 28.5 Å². The maximum atomic E-state index is 10.1. The molecule has 3 aromatic rings. The Kier molecular flexibility index (Phi) is 2.52. The van der Waals surface area contributed by atoms with Gasteiger partial charge < -0.3 is 5.11 Å². The summed E-state index contributed by atoms with van der Waals surface area (Å²) in [4.78, 5) is 0. The van der Waals surface area contributed by atoms with Crippen LogP contribution in [-0.4, -0.2) is 9.51 Å². The fourth-order valence-corrected chi connectivity index (χ4v) is 2.27. The van der Waals surface area contributed by atoms with Crippen LogP contribution < -0.4 is 4.57 Å². The minimum Gasteiger partial charge on any atom is -0.501 e. The number of nitrogens with zero attached hydrogens (tertiary/aromatic N) is 2. The Morgan fingerprint density at radius 3 is 2.78 bits per heavy atom. The third-order valence-corrected chi connectivity index (χ3v) is 3.06. The first-order chi connectivity index (χ1) is 8.74. The zero-order chi connectivity index (χ0) is 12.5. The molecule has 0 fully saturated rings. The number of aromatic hydroxyl groups is 1. The molecule has 0 spiro atoms. The van der Waals surface area contributed by atoms with Crippen LogP contribution in [0.1, 0.15) is 11.1 Å². The average Bonchev–Trinajstić information content (AvgIpc) is 2.73. The van der Waals surface area contributed by atoms with E-state index in [4.69, 9.17) is 0 Å². The first-order valence-corrected chi connectivity index (χ1v) is 5.98. The molecule has 0 saturated heterocycles. The normalized spacial score (nSPS) is 10.9. The quantitative estimate of drug-likeness (QED) is 0.683. The van der Waals surface area contributed by atoms with Gasteiger partial charge in [0.2, 0.25) is 5.75 Å². The van der Waals surface area contributed by atoms with Crippen molar-refractivity contribution in [2.24, 2.45) is 0 Å². The van der Waals surface area contributed by atoms with E-state index in [9.17, 15) is 5.11 Å². The Morgan fingerprint density at radius 2 is 2.00 bits per heavy atom. The summed E-state index contributed by atoms with van der Waals surface area (Å²) in [6.45, 7) is 2.73. The van der Waals surface area contributed by atoms with Gasteiger partial charge in [0, 0.05) is 0 Å². The second-order valence-corrected chi connectivity index (χ2v) is 4.55. The second kappa shape index (κ2) is 4.18. The molecule has 3 rings (SSSR count). The van der Waals surface area contributed by atoms with E-state index < -0.39 is 0 Å². The lowest BCUT2D eigenvalue weighted by Gasteiger charge is -2.00. The molecule has 0 aliphatic rings. The summed E-state index contributed by atoms with van der Waals surface area (Å²) < 4.78 is 4.00. The number of aryl methyl sites for hydroxylation is 1. The Bertz CT molecular complexity index is 686. The molecule has 3 heteroatoms. The van der Waals surface area contributed by atoms with Gasteiger partial charge in [-0.2, -0.15) is 4.40 Å². The standard InChI is InChI=1S/C15H14N2O/c1-12-9-14(18)15-16(10-12)7-8-17(15)11-13-5-3-2-4-6-13/h2-10H,11H2,1H3/p+1. The van der Waals surface area contributed by atoms with Gasteiger partial charge in [-0.25, -0.2) is 4.57 Å². The van der Waals surface area contributed by atoms with Crippen molar-refractivity contribution in [3.05, 3.63) is 66.1 Å². The Hall–Kier alpha value is -2.29. The van der Waals surface area contributed by atoms with Crippen molar-refractivity contribution >= 4 is 5.65 Å². The first kappa shape index (κ1) is 10.8. The Morgan fingerprint density at radius 1 is 1.22 bits per heavy atom. The molecule has 18 heavy (non-hydrogen) atoms. The zero-order valence-corrected chi connectivity index (χ0v) is 10.2. The van der Waals surface area contributed by atoms with Gasteiger partial charge in [-0.05, 0) is 24.1 Å². The molecular weight excluding hydrogens is 224 g/mol. The number of benzene rings is 1. The van der Waals surface area contributed by atoms with Gasteiger partial charge in [-0.3, -0.25) is 0 Å². The minimum atomic E-state index is 0.316. The Labute approximate surface area is 106 Å². The van der Waals surface area contributed by atoms with Crippen molar-refractivity contribution in [3.63, 3.8) is 0 Å². The van der Waals surface area contributed by atoms with E-state index in [1.54, 1.807) is 6.07 Å². The molecule has 0 aliphatic carbocycles. The molecule has 0 saturated carbocycles. The highest BCUT2D eigenvalue weighted by molar-refractivity contribution is 5.49. The molecule has 0 unspecified atom stereocenters. The maximum Gasteiger partial charge on any atom is 0.329 e. The van der Waals surface area contributed by atoms with Crippen LogP contribution in [0.4, 0.5) is 0 Å². The SMILES string of the molecule is Cc1cc(O)c2n(cc[n+]2Cc2ccccc2)c1. The summed E-state index contributed by atoms with van der Waals surface area (Å²) in [7, 11) is 0. The number of imidazole rings is 1. The van der Waals surface area contributed by atoms with Crippen LogP contribution in [0.3, 0.4) is 0 Å². The molecule has 90 valence electrons. The van der Waals surface area contributed by atoms with Crippen molar-refractivity contribution in [2.75, 3.05) is 0 Å². The number of aromatic nitrogens is 2. The van der Waals surface area contributed by atoms with Crippen molar-refractivity contribution in [3.8, 4) is 5.75 Å². The predicted octanol–water partition coefficient (Wildman–Crippen LogP) is 2.29. The van der Waals surface area contributed by atoms with E-state index in [1.165, 1.54) is 5.56 Å². The first-order valence-electron chi connectivity index (χ1n) is 5.98. The smallest absolute Gasteiger partial charge is 0.329 e. The highest BCUT2D eigenvalue weighted by Crippen LogP contribution is 2.17. The number of hydrogen-bond acceptors (Lipinski definition) is 1. The molecule has 0 bridgehead atoms. The van der Waals surface area contributed by atoms with Crippen molar-refractivity contribution in [1.29, 1.82) is 0 Å². The van der Waals surface area contributed by atoms with Gasteiger partial charge in [-0.15, -0.1) is 0 Å². The van der Waals surface area contributed by atoms with Gasteiger partial charge in [-0.1, -0.05) is 30.3 Å². The fraction of sp³-hybridized carbons (Fsp3) is 0.133. The second-order valence-electron chi connectivity index (χ2n) is 4.55. The number of hydrogen-bond donors (Lipinski definition) is 1. The van der Waals surface area contributed by atoms with Gasteiger partial charge in [0.25, 0.3) is 0 Å². The van der Waals surface area contributed by atoms with E-state index in [2.05, 4.69) is 12.1 Å². The lowest BCUT2D eigenvalue weighted by molar-refractivity contribution is -0.662. The maximum absolute atomic E-state index is 10.1. The summed E-state index contributed by atoms with van der Waals surface area (Å²) >= 11 is 0. The van der Waals surface area contributed by atoms with Crippen LogP contribution in [0.2, 0.25) is 0 Å². The van der Waals surface area contributed by atoms with Crippen LogP contribution in [0.25, 0.3) is 5.65 Å². The number of rotatable bonds is 2. The molecule has 2 aromatic heterocycles. The van der Waals surface area contributed by atoms with Crippen LogP contribution in [0.15, 0.2) is 55.0 Å².